The lowest BCUT2D eigenvalue weighted by Gasteiger charge is -2.06. The van der Waals surface area contributed by atoms with Crippen molar-refractivity contribution < 1.29 is 4.79 Å². The Balaban J connectivity index is 2.23. The van der Waals surface area contributed by atoms with Gasteiger partial charge in [-0.2, -0.15) is 0 Å². The molecule has 0 heterocycles. The highest BCUT2D eigenvalue weighted by molar-refractivity contribution is 5.94. The number of amides is 1. The van der Waals surface area contributed by atoms with Gasteiger partial charge in [-0.25, -0.2) is 0 Å². The first kappa shape index (κ1) is 13.8. The van der Waals surface area contributed by atoms with Crippen molar-refractivity contribution >= 4 is 5.91 Å². The van der Waals surface area contributed by atoms with Crippen molar-refractivity contribution in [3.05, 3.63) is 35.4 Å². The summed E-state index contributed by atoms with van der Waals surface area (Å²) in [7, 11) is 0. The summed E-state index contributed by atoms with van der Waals surface area (Å²) in [5.41, 5.74) is 1.93. The Bertz CT molecular complexity index is 340. The zero-order chi connectivity index (χ0) is 12.7. The second kappa shape index (κ2) is 7.10. The van der Waals surface area contributed by atoms with E-state index in [1.54, 1.807) is 0 Å². The summed E-state index contributed by atoms with van der Waals surface area (Å²) >= 11 is 0. The average Bonchev–Trinajstić information content (AvgIpc) is 2.29. The third-order valence-electron chi connectivity index (χ3n) is 2.81. The first-order chi connectivity index (χ1) is 8.09. The molecule has 0 saturated heterocycles. The van der Waals surface area contributed by atoms with Crippen LogP contribution in [0.5, 0.6) is 0 Å². The van der Waals surface area contributed by atoms with Gasteiger partial charge in [0.05, 0.1) is 0 Å². The normalized spacial score (nSPS) is 10.6. The van der Waals surface area contributed by atoms with Crippen molar-refractivity contribution in [3.63, 3.8) is 0 Å². The molecule has 0 aliphatic rings. The quantitative estimate of drug-likeness (QED) is 0.748. The minimum Gasteiger partial charge on any atom is -0.352 e. The number of hydrogen-bond donors (Lipinski definition) is 1. The summed E-state index contributed by atoms with van der Waals surface area (Å²) in [5.74, 6) is 0.789. The third kappa shape index (κ3) is 5.53. The van der Waals surface area contributed by atoms with Gasteiger partial charge in [-0.15, -0.1) is 0 Å². The lowest BCUT2D eigenvalue weighted by molar-refractivity contribution is 0.0953. The predicted molar refractivity (Wildman–Crippen MR) is 72.2 cm³/mol. The van der Waals surface area contributed by atoms with Gasteiger partial charge in [0.2, 0.25) is 0 Å². The maximum atomic E-state index is 11.7. The molecule has 0 fully saturated rings. The molecule has 0 spiro atoms. The van der Waals surface area contributed by atoms with Crippen molar-refractivity contribution in [2.75, 3.05) is 6.54 Å². The molecule has 2 nitrogen and oxygen atoms in total. The molecule has 0 aromatic heterocycles. The molecule has 1 aromatic carbocycles. The number of carbonyl (C=O) groups is 1. The van der Waals surface area contributed by atoms with Crippen LogP contribution in [0.4, 0.5) is 0 Å². The first-order valence-electron chi connectivity index (χ1n) is 6.44. The van der Waals surface area contributed by atoms with Crippen LogP contribution in [0.1, 0.15) is 49.0 Å². The number of carbonyl (C=O) groups excluding carboxylic acids is 1. The Hall–Kier alpha value is -1.31. The number of nitrogens with one attached hydrogen (secondary N) is 1. The largest absolute Gasteiger partial charge is 0.352 e. The maximum Gasteiger partial charge on any atom is 0.251 e. The van der Waals surface area contributed by atoms with Crippen LogP contribution in [-0.2, 0) is 0 Å². The number of unbranched alkanes of at least 4 members (excludes halogenated alkanes) is 1. The summed E-state index contributed by atoms with van der Waals surface area (Å²) in [6.45, 7) is 7.25. The standard InChI is InChI=1S/C15H23NO/c1-12(2)6-4-5-11-16-15(17)14-9-7-13(3)8-10-14/h7-10,12H,4-6,11H2,1-3H3,(H,16,17). The van der Waals surface area contributed by atoms with Crippen LogP contribution < -0.4 is 5.32 Å². The van der Waals surface area contributed by atoms with E-state index in [1.807, 2.05) is 31.2 Å². The highest BCUT2D eigenvalue weighted by Gasteiger charge is 2.03. The summed E-state index contributed by atoms with van der Waals surface area (Å²) in [4.78, 5) is 11.7. The Kier molecular flexibility index (Phi) is 5.75. The molecule has 1 rings (SSSR count). The monoisotopic (exact) mass is 233 g/mol. The van der Waals surface area contributed by atoms with Crippen molar-refractivity contribution in [1.82, 2.24) is 5.32 Å². The predicted octanol–water partition coefficient (Wildman–Crippen LogP) is 3.55. The van der Waals surface area contributed by atoms with Crippen LogP contribution in [0, 0.1) is 12.8 Å². The van der Waals surface area contributed by atoms with E-state index in [2.05, 4.69) is 19.2 Å². The van der Waals surface area contributed by atoms with Gasteiger partial charge in [0.15, 0.2) is 0 Å². The SMILES string of the molecule is Cc1ccc(C(=O)NCCCCC(C)C)cc1. The van der Waals surface area contributed by atoms with Crippen LogP contribution in [-0.4, -0.2) is 12.5 Å². The molecular weight excluding hydrogens is 210 g/mol. The Morgan fingerprint density at radius 3 is 2.41 bits per heavy atom. The summed E-state index contributed by atoms with van der Waals surface area (Å²) in [5, 5.41) is 2.95. The molecule has 17 heavy (non-hydrogen) atoms. The maximum absolute atomic E-state index is 11.7. The van der Waals surface area contributed by atoms with Gasteiger partial charge in [0.25, 0.3) is 5.91 Å². The van der Waals surface area contributed by atoms with Crippen LogP contribution >= 0.6 is 0 Å². The lowest BCUT2D eigenvalue weighted by atomic mass is 10.1. The second-order valence-corrected chi connectivity index (χ2v) is 5.01. The zero-order valence-electron chi connectivity index (χ0n) is 11.1. The van der Waals surface area contributed by atoms with E-state index in [4.69, 9.17) is 0 Å². The fourth-order valence-electron chi connectivity index (χ4n) is 1.69. The summed E-state index contributed by atoms with van der Waals surface area (Å²) < 4.78 is 0. The molecule has 2 heteroatoms. The Labute approximate surface area is 104 Å². The Morgan fingerprint density at radius 1 is 1.18 bits per heavy atom. The molecule has 94 valence electrons. The second-order valence-electron chi connectivity index (χ2n) is 5.01. The van der Waals surface area contributed by atoms with Crippen molar-refractivity contribution in [2.24, 2.45) is 5.92 Å². The van der Waals surface area contributed by atoms with Gasteiger partial charge in [-0.3, -0.25) is 4.79 Å². The number of aryl methyl sites for hydroxylation is 1. The summed E-state index contributed by atoms with van der Waals surface area (Å²) in [6, 6.07) is 7.68. The molecule has 0 atom stereocenters. The number of hydrogen-bond acceptors (Lipinski definition) is 1. The first-order valence-corrected chi connectivity index (χ1v) is 6.44. The lowest BCUT2D eigenvalue weighted by Crippen LogP contribution is -2.24. The molecule has 0 aliphatic heterocycles. The summed E-state index contributed by atoms with van der Waals surface area (Å²) in [6.07, 6.45) is 3.49. The smallest absolute Gasteiger partial charge is 0.251 e. The minimum absolute atomic E-state index is 0.0366. The van der Waals surface area contributed by atoms with Crippen LogP contribution in [0.15, 0.2) is 24.3 Å². The molecule has 1 amide bonds. The van der Waals surface area contributed by atoms with Gasteiger partial charge < -0.3 is 5.32 Å². The Morgan fingerprint density at radius 2 is 1.82 bits per heavy atom. The van der Waals surface area contributed by atoms with Gasteiger partial charge in [0, 0.05) is 12.1 Å². The van der Waals surface area contributed by atoms with E-state index in [0.29, 0.717) is 0 Å². The van der Waals surface area contributed by atoms with Gasteiger partial charge >= 0.3 is 0 Å². The van der Waals surface area contributed by atoms with Crippen molar-refractivity contribution in [2.45, 2.75) is 40.0 Å². The van der Waals surface area contributed by atoms with Crippen LogP contribution in [0.25, 0.3) is 0 Å². The van der Waals surface area contributed by atoms with E-state index >= 15 is 0 Å². The fraction of sp³-hybridized carbons (Fsp3) is 0.533. The van der Waals surface area contributed by atoms with Crippen LogP contribution in [0.2, 0.25) is 0 Å². The molecule has 1 N–H and O–H groups in total. The van der Waals surface area contributed by atoms with Crippen molar-refractivity contribution in [1.29, 1.82) is 0 Å². The van der Waals surface area contributed by atoms with E-state index in [1.165, 1.54) is 18.4 Å². The van der Waals surface area contributed by atoms with E-state index < -0.39 is 0 Å². The van der Waals surface area contributed by atoms with Gasteiger partial charge in [-0.1, -0.05) is 44.4 Å². The molecular formula is C15H23NO. The molecule has 0 saturated carbocycles. The van der Waals surface area contributed by atoms with E-state index in [9.17, 15) is 4.79 Å². The molecule has 1 aromatic rings. The van der Waals surface area contributed by atoms with E-state index in [0.717, 1.165) is 24.4 Å². The molecule has 0 unspecified atom stereocenters. The minimum atomic E-state index is 0.0366. The highest BCUT2D eigenvalue weighted by Crippen LogP contribution is 2.06. The average molecular weight is 233 g/mol. The third-order valence-corrected chi connectivity index (χ3v) is 2.81. The van der Waals surface area contributed by atoms with Gasteiger partial charge in [0.1, 0.15) is 0 Å². The molecule has 0 radical (unpaired) electrons. The topological polar surface area (TPSA) is 29.1 Å². The molecule has 0 aliphatic carbocycles. The molecule has 0 bridgehead atoms. The highest BCUT2D eigenvalue weighted by atomic mass is 16.1. The number of rotatable bonds is 6. The zero-order valence-corrected chi connectivity index (χ0v) is 11.1. The van der Waals surface area contributed by atoms with Crippen LogP contribution in [0.3, 0.4) is 0 Å². The number of benzene rings is 1. The van der Waals surface area contributed by atoms with Gasteiger partial charge in [-0.05, 0) is 31.4 Å². The van der Waals surface area contributed by atoms with E-state index in [-0.39, 0.29) is 5.91 Å². The van der Waals surface area contributed by atoms with Crippen molar-refractivity contribution in [3.8, 4) is 0 Å². The fourth-order valence-corrected chi connectivity index (χ4v) is 1.69.